The Hall–Kier alpha value is -0.890. The van der Waals surface area contributed by atoms with Crippen molar-refractivity contribution in [1.82, 2.24) is 9.88 Å². The lowest BCUT2D eigenvalue weighted by atomic mass is 9.97. The first-order valence-corrected chi connectivity index (χ1v) is 5.98. The van der Waals surface area contributed by atoms with E-state index in [0.717, 1.165) is 0 Å². The highest BCUT2D eigenvalue weighted by atomic mass is 15.1. The van der Waals surface area contributed by atoms with E-state index in [0.29, 0.717) is 6.04 Å². The average molecular weight is 206 g/mol. The van der Waals surface area contributed by atoms with Crippen molar-refractivity contribution in [3.8, 4) is 0 Å². The molecule has 1 saturated heterocycles. The van der Waals surface area contributed by atoms with Crippen LogP contribution in [0.5, 0.6) is 0 Å². The van der Waals surface area contributed by atoms with Gasteiger partial charge in [0.05, 0.1) is 0 Å². The molecule has 15 heavy (non-hydrogen) atoms. The SMILES string of the molecule is CC.CN1CCCCC1c1ccncc1. The number of piperidine rings is 1. The summed E-state index contributed by atoms with van der Waals surface area (Å²) in [5.74, 6) is 0. The molecule has 1 atom stereocenters. The van der Waals surface area contributed by atoms with Crippen molar-refractivity contribution in [1.29, 1.82) is 0 Å². The average Bonchev–Trinajstić information content (AvgIpc) is 2.33. The zero-order valence-electron chi connectivity index (χ0n) is 10.1. The number of aromatic nitrogens is 1. The van der Waals surface area contributed by atoms with E-state index < -0.39 is 0 Å². The zero-order valence-corrected chi connectivity index (χ0v) is 10.1. The van der Waals surface area contributed by atoms with E-state index >= 15 is 0 Å². The lowest BCUT2D eigenvalue weighted by Crippen LogP contribution is -2.29. The van der Waals surface area contributed by atoms with Gasteiger partial charge in [0.15, 0.2) is 0 Å². The molecule has 2 heteroatoms. The van der Waals surface area contributed by atoms with E-state index in [2.05, 4.69) is 29.1 Å². The Kier molecular flexibility index (Phi) is 5.33. The lowest BCUT2D eigenvalue weighted by Gasteiger charge is -2.32. The van der Waals surface area contributed by atoms with E-state index in [4.69, 9.17) is 0 Å². The van der Waals surface area contributed by atoms with E-state index in [1.165, 1.54) is 31.4 Å². The van der Waals surface area contributed by atoms with Gasteiger partial charge < -0.3 is 0 Å². The number of hydrogen-bond acceptors (Lipinski definition) is 2. The van der Waals surface area contributed by atoms with Crippen molar-refractivity contribution < 1.29 is 0 Å². The second-order valence-electron chi connectivity index (χ2n) is 3.77. The minimum atomic E-state index is 0.622. The molecule has 1 aromatic heterocycles. The normalized spacial score (nSPS) is 21.7. The summed E-state index contributed by atoms with van der Waals surface area (Å²) in [4.78, 5) is 6.49. The Labute approximate surface area is 93.3 Å². The molecule has 0 bridgehead atoms. The third kappa shape index (κ3) is 3.31. The first kappa shape index (κ1) is 12.2. The summed E-state index contributed by atoms with van der Waals surface area (Å²) in [6.07, 6.45) is 7.77. The maximum atomic E-state index is 4.05. The quantitative estimate of drug-likeness (QED) is 0.701. The van der Waals surface area contributed by atoms with Crippen LogP contribution in [0.15, 0.2) is 24.5 Å². The van der Waals surface area contributed by atoms with Gasteiger partial charge in [0.2, 0.25) is 0 Å². The van der Waals surface area contributed by atoms with Crippen molar-refractivity contribution in [3.05, 3.63) is 30.1 Å². The Morgan fingerprint density at radius 2 is 1.87 bits per heavy atom. The molecule has 0 saturated carbocycles. The van der Waals surface area contributed by atoms with Gasteiger partial charge in [0.1, 0.15) is 0 Å². The standard InChI is InChI=1S/C11H16N2.C2H6/c1-13-9-3-2-4-11(13)10-5-7-12-8-6-10;1-2/h5-8,11H,2-4,9H2,1H3;1-2H3. The summed E-state index contributed by atoms with van der Waals surface area (Å²) in [7, 11) is 2.21. The van der Waals surface area contributed by atoms with Gasteiger partial charge >= 0.3 is 0 Å². The van der Waals surface area contributed by atoms with Gasteiger partial charge in [-0.1, -0.05) is 20.3 Å². The Balaban J connectivity index is 0.000000531. The maximum absolute atomic E-state index is 4.05. The third-order valence-electron chi connectivity index (χ3n) is 2.86. The molecule has 2 nitrogen and oxygen atoms in total. The fourth-order valence-electron chi connectivity index (χ4n) is 2.08. The van der Waals surface area contributed by atoms with Crippen LogP contribution in [0.2, 0.25) is 0 Å². The monoisotopic (exact) mass is 206 g/mol. The smallest absolute Gasteiger partial charge is 0.0346 e. The second kappa shape index (κ2) is 6.57. The van der Waals surface area contributed by atoms with Crippen LogP contribution < -0.4 is 0 Å². The molecule has 0 N–H and O–H groups in total. The third-order valence-corrected chi connectivity index (χ3v) is 2.86. The minimum Gasteiger partial charge on any atom is -0.299 e. The molecule has 1 fully saturated rings. The van der Waals surface area contributed by atoms with Gasteiger partial charge in [-0.05, 0) is 44.1 Å². The van der Waals surface area contributed by atoms with Gasteiger partial charge in [0, 0.05) is 18.4 Å². The summed E-state index contributed by atoms with van der Waals surface area (Å²) in [5.41, 5.74) is 1.41. The molecule has 1 aliphatic heterocycles. The Morgan fingerprint density at radius 1 is 1.20 bits per heavy atom. The van der Waals surface area contributed by atoms with Crippen LogP contribution in [0.1, 0.15) is 44.7 Å². The van der Waals surface area contributed by atoms with Crippen LogP contribution in [0.3, 0.4) is 0 Å². The molecule has 0 spiro atoms. The van der Waals surface area contributed by atoms with Crippen LogP contribution in [-0.2, 0) is 0 Å². The van der Waals surface area contributed by atoms with Gasteiger partial charge in [-0.25, -0.2) is 0 Å². The molecule has 0 radical (unpaired) electrons. The largest absolute Gasteiger partial charge is 0.299 e. The van der Waals surface area contributed by atoms with Crippen LogP contribution in [0, 0.1) is 0 Å². The molecule has 2 heterocycles. The van der Waals surface area contributed by atoms with Crippen LogP contribution in [0.4, 0.5) is 0 Å². The van der Waals surface area contributed by atoms with Crippen molar-refractivity contribution in [2.24, 2.45) is 0 Å². The molecule has 0 amide bonds. The summed E-state index contributed by atoms with van der Waals surface area (Å²) in [6.45, 7) is 5.23. The summed E-state index contributed by atoms with van der Waals surface area (Å²) < 4.78 is 0. The highest BCUT2D eigenvalue weighted by molar-refractivity contribution is 5.15. The molecule has 1 aliphatic rings. The zero-order chi connectivity index (χ0) is 11.1. The maximum Gasteiger partial charge on any atom is 0.0346 e. The fourth-order valence-corrected chi connectivity index (χ4v) is 2.08. The van der Waals surface area contributed by atoms with E-state index in [1.54, 1.807) is 0 Å². The molecule has 0 aliphatic carbocycles. The van der Waals surface area contributed by atoms with Crippen molar-refractivity contribution in [2.45, 2.75) is 39.2 Å². The molecule has 84 valence electrons. The van der Waals surface area contributed by atoms with E-state index in [9.17, 15) is 0 Å². The number of likely N-dealkylation sites (tertiary alicyclic amines) is 1. The highest BCUT2D eigenvalue weighted by Gasteiger charge is 2.19. The highest BCUT2D eigenvalue weighted by Crippen LogP contribution is 2.28. The van der Waals surface area contributed by atoms with E-state index in [1.807, 2.05) is 26.2 Å². The van der Waals surface area contributed by atoms with Crippen molar-refractivity contribution in [2.75, 3.05) is 13.6 Å². The molecule has 1 unspecified atom stereocenters. The second-order valence-corrected chi connectivity index (χ2v) is 3.77. The molecule has 0 aromatic carbocycles. The fraction of sp³-hybridized carbons (Fsp3) is 0.615. The van der Waals surface area contributed by atoms with Gasteiger partial charge in [-0.2, -0.15) is 0 Å². The van der Waals surface area contributed by atoms with Crippen LogP contribution in [0.25, 0.3) is 0 Å². The number of rotatable bonds is 1. The molecule has 2 rings (SSSR count). The van der Waals surface area contributed by atoms with Crippen LogP contribution >= 0.6 is 0 Å². The first-order chi connectivity index (χ1) is 7.38. The topological polar surface area (TPSA) is 16.1 Å². The molecule has 1 aromatic rings. The van der Waals surface area contributed by atoms with Crippen molar-refractivity contribution in [3.63, 3.8) is 0 Å². The number of pyridine rings is 1. The lowest BCUT2D eigenvalue weighted by molar-refractivity contribution is 0.187. The molecular weight excluding hydrogens is 184 g/mol. The minimum absolute atomic E-state index is 0.622. The number of hydrogen-bond donors (Lipinski definition) is 0. The predicted octanol–water partition coefficient (Wildman–Crippen LogP) is 3.26. The van der Waals surface area contributed by atoms with Crippen molar-refractivity contribution >= 4 is 0 Å². The Morgan fingerprint density at radius 3 is 2.47 bits per heavy atom. The summed E-state index contributed by atoms with van der Waals surface area (Å²) in [5, 5.41) is 0. The Bertz CT molecular complexity index is 258. The summed E-state index contributed by atoms with van der Waals surface area (Å²) in [6, 6.07) is 4.88. The first-order valence-electron chi connectivity index (χ1n) is 5.98. The van der Waals surface area contributed by atoms with Gasteiger partial charge in [0.25, 0.3) is 0 Å². The van der Waals surface area contributed by atoms with Gasteiger partial charge in [-0.3, -0.25) is 9.88 Å². The predicted molar refractivity (Wildman–Crippen MR) is 64.8 cm³/mol. The summed E-state index contributed by atoms with van der Waals surface area (Å²) >= 11 is 0. The van der Waals surface area contributed by atoms with E-state index in [-0.39, 0.29) is 0 Å². The van der Waals surface area contributed by atoms with Crippen LogP contribution in [-0.4, -0.2) is 23.5 Å². The number of nitrogens with zero attached hydrogens (tertiary/aromatic N) is 2. The molecular formula is C13H22N2. The van der Waals surface area contributed by atoms with Gasteiger partial charge in [-0.15, -0.1) is 0 Å².